The Kier molecular flexibility index (Phi) is 14.2. The monoisotopic (exact) mass is 1350 g/mol. The lowest BCUT2D eigenvalue weighted by molar-refractivity contribution is 0.755. The van der Waals surface area contributed by atoms with Crippen LogP contribution in [-0.4, -0.2) is 19.9 Å². The zero-order valence-corrected chi connectivity index (χ0v) is 57.9. The fourth-order valence-corrected chi connectivity index (χ4v) is 18.6. The lowest BCUT2D eigenvalue weighted by atomic mass is 9.60. The quantitative estimate of drug-likeness (QED) is 0.122. The van der Waals surface area contributed by atoms with Crippen LogP contribution in [0.25, 0.3) is 112 Å². The van der Waals surface area contributed by atoms with Crippen molar-refractivity contribution in [3.05, 3.63) is 466 Å². The van der Waals surface area contributed by atoms with Gasteiger partial charge in [-0.2, -0.15) is 0 Å². The summed E-state index contributed by atoms with van der Waals surface area (Å²) in [6.07, 6.45) is 0. The molecule has 2 bridgehead atoms. The summed E-state index contributed by atoms with van der Waals surface area (Å²) in [6, 6.07) is 142. The van der Waals surface area contributed by atoms with Crippen molar-refractivity contribution in [3.8, 4) is 112 Å². The second kappa shape index (κ2) is 24.6. The van der Waals surface area contributed by atoms with Crippen LogP contribution in [0.5, 0.6) is 0 Å². The van der Waals surface area contributed by atoms with Crippen molar-refractivity contribution in [3.63, 3.8) is 0 Å². The molecule has 4 nitrogen and oxygen atoms in total. The molecule has 4 heteroatoms. The molecule has 2 atom stereocenters. The van der Waals surface area contributed by atoms with E-state index in [1.807, 2.05) is 0 Å². The summed E-state index contributed by atoms with van der Waals surface area (Å²) >= 11 is 0. The van der Waals surface area contributed by atoms with Gasteiger partial charge >= 0.3 is 0 Å². The predicted molar refractivity (Wildman–Crippen MR) is 430 cm³/mol. The van der Waals surface area contributed by atoms with E-state index in [1.165, 1.54) is 111 Å². The van der Waals surface area contributed by atoms with Crippen LogP contribution in [0.1, 0.15) is 89.7 Å². The van der Waals surface area contributed by atoms with E-state index < -0.39 is 10.8 Å². The molecule has 0 aliphatic heterocycles. The van der Waals surface area contributed by atoms with Crippen molar-refractivity contribution in [2.45, 2.75) is 22.7 Å². The Morgan fingerprint density at radius 3 is 0.830 bits per heavy atom. The van der Waals surface area contributed by atoms with Crippen molar-refractivity contribution < 1.29 is 0 Å². The van der Waals surface area contributed by atoms with Gasteiger partial charge in [0.25, 0.3) is 0 Å². The largest absolute Gasteiger partial charge is 0.228 e. The first kappa shape index (κ1) is 61.2. The van der Waals surface area contributed by atoms with Crippen LogP contribution in [0.2, 0.25) is 0 Å². The van der Waals surface area contributed by atoms with E-state index in [9.17, 15) is 0 Å². The highest BCUT2D eigenvalue weighted by Gasteiger charge is 2.49. The van der Waals surface area contributed by atoms with Crippen molar-refractivity contribution in [1.29, 1.82) is 0 Å². The Morgan fingerprint density at radius 2 is 0.453 bits per heavy atom. The molecule has 0 N–H and O–H groups in total. The summed E-state index contributed by atoms with van der Waals surface area (Å²) in [7, 11) is 0. The van der Waals surface area contributed by atoms with Gasteiger partial charge in [0.2, 0.25) is 0 Å². The minimum Gasteiger partial charge on any atom is -0.228 e. The number of fused-ring (bicyclic) bond motifs is 6. The smallest absolute Gasteiger partial charge is 0.160 e. The lowest BCUT2D eigenvalue weighted by Gasteiger charge is -2.42. The summed E-state index contributed by atoms with van der Waals surface area (Å²) in [4.78, 5) is 21.8. The number of benzene rings is 15. The first-order valence-corrected chi connectivity index (χ1v) is 36.7. The molecule has 17 aromatic rings. The molecule has 0 radical (unpaired) electrons. The molecule has 0 fully saturated rings. The van der Waals surface area contributed by atoms with E-state index in [1.54, 1.807) is 0 Å². The summed E-state index contributed by atoms with van der Waals surface area (Å²) < 4.78 is 0. The van der Waals surface area contributed by atoms with Crippen LogP contribution in [0.4, 0.5) is 0 Å². The first-order chi connectivity index (χ1) is 52.6. The molecule has 494 valence electrons. The first-order valence-electron chi connectivity index (χ1n) is 36.7. The fourth-order valence-electron chi connectivity index (χ4n) is 18.6. The van der Waals surface area contributed by atoms with Crippen LogP contribution in [0.15, 0.2) is 388 Å². The maximum absolute atomic E-state index is 5.47. The van der Waals surface area contributed by atoms with E-state index in [-0.39, 0.29) is 11.8 Å². The molecule has 5 aliphatic rings. The van der Waals surface area contributed by atoms with Gasteiger partial charge in [-0.15, -0.1) is 0 Å². The van der Waals surface area contributed by atoms with Gasteiger partial charge in [-0.3, -0.25) is 0 Å². The Morgan fingerprint density at radius 1 is 0.179 bits per heavy atom. The number of hydrogen-bond donors (Lipinski definition) is 0. The van der Waals surface area contributed by atoms with Gasteiger partial charge in [0.15, 0.2) is 11.6 Å². The molecular weight excluding hydrogens is 1280 g/mol. The molecule has 0 saturated heterocycles. The van der Waals surface area contributed by atoms with Gasteiger partial charge in [0.1, 0.15) is 0 Å². The van der Waals surface area contributed by atoms with Crippen molar-refractivity contribution in [2.24, 2.45) is 0 Å². The summed E-state index contributed by atoms with van der Waals surface area (Å²) in [5.74, 6) is 1.35. The Bertz CT molecular complexity index is 5860. The fraction of sp³-hybridized carbons (Fsp3) is 0.0392. The second-order valence-electron chi connectivity index (χ2n) is 28.5. The van der Waals surface area contributed by atoms with E-state index in [0.717, 1.165) is 67.3 Å². The summed E-state index contributed by atoms with van der Waals surface area (Å²) in [5.41, 5.74) is 36.2. The Labute approximate surface area is 617 Å². The average molecular weight is 1350 g/mol. The predicted octanol–water partition coefficient (Wildman–Crippen LogP) is 24.3. The summed E-state index contributed by atoms with van der Waals surface area (Å²) in [5, 5.41) is 0. The lowest BCUT2D eigenvalue weighted by Crippen LogP contribution is -2.28. The molecule has 0 saturated carbocycles. The van der Waals surface area contributed by atoms with Gasteiger partial charge in [-0.25, -0.2) is 19.9 Å². The number of hydrogen-bond acceptors (Lipinski definition) is 4. The minimum atomic E-state index is -0.510. The maximum Gasteiger partial charge on any atom is 0.160 e. The van der Waals surface area contributed by atoms with E-state index in [2.05, 4.69) is 388 Å². The SMILES string of the molecule is c1ccc(-c2nc(-c3cccc(-c4cccc5c4-c4ccccc4C5(c4ccccc4)c4ccccc4)c3)cc(-c3ccc4c(c3)C3c5ccccc5C4c4cc(-c5cc(-c6cccc(-c7cccc8c7-c7ccccc7C8(c7ccccc7)c7ccccc7)c6)nc(-c6ccccc6)n5)ccc43)n2)cc1. The highest BCUT2D eigenvalue weighted by atomic mass is 14.9. The maximum atomic E-state index is 5.47. The van der Waals surface area contributed by atoms with Crippen LogP contribution in [-0.2, 0) is 10.8 Å². The van der Waals surface area contributed by atoms with Gasteiger partial charge < -0.3 is 0 Å². The van der Waals surface area contributed by atoms with E-state index in [0.29, 0.717) is 11.6 Å². The van der Waals surface area contributed by atoms with Gasteiger partial charge in [0, 0.05) is 45.2 Å². The standard InChI is InChI=1S/C102H66N4/c1-7-29-65(30-8-1)99-103-91(69-35-25-33-67(59-69)77-49-27-53-89-97(77)83-47-21-23-51-87(83)101(89,73-37-11-3-12-38-73)74-39-13-4-14-40-74)63-93(105-99)71-55-57-81-85(61-71)95-79-45-19-20-46-80(79)96(81)86-62-72(56-58-82(86)95)94-64-92(104-100(106-94)66-31-9-2-10-32-66)70-36-26-34-68(60-70)78-50-28-54-90-98(78)84-48-22-24-52-88(84)102(90,75-41-15-5-16-42-75)76-43-17-6-18-44-76/h1-64,95-96H. The molecule has 5 aliphatic carbocycles. The molecule has 2 unspecified atom stereocenters. The highest BCUT2D eigenvalue weighted by Crippen LogP contribution is 2.62. The molecule has 2 heterocycles. The molecule has 106 heavy (non-hydrogen) atoms. The third kappa shape index (κ3) is 9.40. The van der Waals surface area contributed by atoms with E-state index in [4.69, 9.17) is 19.9 Å². The normalized spacial score (nSPS) is 14.8. The van der Waals surface area contributed by atoms with Gasteiger partial charge in [-0.05, 0) is 159 Å². The topological polar surface area (TPSA) is 51.6 Å². The number of aromatic nitrogens is 4. The van der Waals surface area contributed by atoms with Crippen LogP contribution < -0.4 is 0 Å². The summed E-state index contributed by atoms with van der Waals surface area (Å²) in [6.45, 7) is 0. The molecule has 0 amide bonds. The minimum absolute atomic E-state index is 0.00689. The molecule has 0 spiro atoms. The van der Waals surface area contributed by atoms with Gasteiger partial charge in [0.05, 0.1) is 33.6 Å². The molecule has 2 aromatic heterocycles. The zero-order valence-electron chi connectivity index (χ0n) is 57.9. The van der Waals surface area contributed by atoms with Crippen molar-refractivity contribution in [2.75, 3.05) is 0 Å². The third-order valence-corrected chi connectivity index (χ3v) is 23.0. The number of rotatable bonds is 12. The highest BCUT2D eigenvalue weighted by molar-refractivity contribution is 5.98. The van der Waals surface area contributed by atoms with Crippen molar-refractivity contribution >= 4 is 0 Å². The van der Waals surface area contributed by atoms with Crippen LogP contribution in [0, 0.1) is 0 Å². The van der Waals surface area contributed by atoms with E-state index >= 15 is 0 Å². The van der Waals surface area contributed by atoms with Crippen LogP contribution in [0.3, 0.4) is 0 Å². The molecular formula is C102H66N4. The Balaban J connectivity index is 0.659. The zero-order chi connectivity index (χ0) is 69.9. The molecule has 15 aromatic carbocycles. The Hall–Kier alpha value is -13.5. The van der Waals surface area contributed by atoms with Crippen LogP contribution >= 0.6 is 0 Å². The third-order valence-electron chi connectivity index (χ3n) is 23.0. The van der Waals surface area contributed by atoms with Crippen molar-refractivity contribution in [1.82, 2.24) is 19.9 Å². The average Bonchev–Trinajstić information content (AvgIpc) is 1.63. The molecule has 22 rings (SSSR count). The van der Waals surface area contributed by atoms with Gasteiger partial charge in [-0.1, -0.05) is 352 Å². The second-order valence-corrected chi connectivity index (χ2v) is 28.5. The number of nitrogens with zero attached hydrogens (tertiary/aromatic N) is 4.